The first-order valence-corrected chi connectivity index (χ1v) is 7.22. The van der Waals surface area contributed by atoms with Crippen LogP contribution in [0.3, 0.4) is 0 Å². The van der Waals surface area contributed by atoms with Crippen LogP contribution in [0.25, 0.3) is 0 Å². The highest BCUT2D eigenvalue weighted by molar-refractivity contribution is 5.26. The maximum Gasteiger partial charge on any atom is 0.119 e. The summed E-state index contributed by atoms with van der Waals surface area (Å²) in [7, 11) is 0. The maximum absolute atomic E-state index is 9.92. The standard InChI is InChI=1S/C16H23N3O2/c1-13-4-6-16(7-5-13)21-12-14(2)17-10-15(20)11-19-9-3-8-18-19/h3-9,14-15,17,20H,10-12H2,1-2H3. The molecule has 2 rings (SSSR count). The first kappa shape index (κ1) is 15.5. The molecule has 0 fully saturated rings. The molecule has 0 aliphatic carbocycles. The smallest absolute Gasteiger partial charge is 0.119 e. The van der Waals surface area contributed by atoms with Gasteiger partial charge in [0.2, 0.25) is 0 Å². The maximum atomic E-state index is 9.92. The summed E-state index contributed by atoms with van der Waals surface area (Å²) in [5.41, 5.74) is 1.22. The Kier molecular flexibility index (Phi) is 5.78. The van der Waals surface area contributed by atoms with Crippen molar-refractivity contribution < 1.29 is 9.84 Å². The quantitative estimate of drug-likeness (QED) is 0.775. The van der Waals surface area contributed by atoms with Crippen LogP contribution in [0, 0.1) is 6.92 Å². The van der Waals surface area contributed by atoms with Crippen molar-refractivity contribution in [2.45, 2.75) is 32.5 Å². The van der Waals surface area contributed by atoms with Gasteiger partial charge in [0.15, 0.2) is 0 Å². The Labute approximate surface area is 125 Å². The van der Waals surface area contributed by atoms with Crippen molar-refractivity contribution in [2.24, 2.45) is 0 Å². The third-order valence-electron chi connectivity index (χ3n) is 3.18. The third-order valence-corrected chi connectivity index (χ3v) is 3.18. The van der Waals surface area contributed by atoms with E-state index in [4.69, 9.17) is 4.74 Å². The number of rotatable bonds is 8. The Hall–Kier alpha value is -1.85. The van der Waals surface area contributed by atoms with Crippen molar-refractivity contribution in [1.29, 1.82) is 0 Å². The van der Waals surface area contributed by atoms with E-state index < -0.39 is 6.10 Å². The van der Waals surface area contributed by atoms with E-state index >= 15 is 0 Å². The predicted molar refractivity (Wildman–Crippen MR) is 82.4 cm³/mol. The molecule has 5 heteroatoms. The number of nitrogens with one attached hydrogen (secondary N) is 1. The fourth-order valence-corrected chi connectivity index (χ4v) is 1.94. The van der Waals surface area contributed by atoms with E-state index in [-0.39, 0.29) is 6.04 Å². The van der Waals surface area contributed by atoms with Crippen LogP contribution in [0.15, 0.2) is 42.7 Å². The Morgan fingerprint density at radius 2 is 2.10 bits per heavy atom. The van der Waals surface area contributed by atoms with Crippen molar-refractivity contribution in [3.05, 3.63) is 48.3 Å². The molecule has 2 atom stereocenters. The van der Waals surface area contributed by atoms with Crippen molar-refractivity contribution >= 4 is 0 Å². The van der Waals surface area contributed by atoms with Crippen molar-refractivity contribution in [1.82, 2.24) is 15.1 Å². The Balaban J connectivity index is 1.65. The minimum Gasteiger partial charge on any atom is -0.492 e. The second-order valence-electron chi connectivity index (χ2n) is 5.32. The lowest BCUT2D eigenvalue weighted by atomic mass is 10.2. The third kappa shape index (κ3) is 5.57. The van der Waals surface area contributed by atoms with Gasteiger partial charge in [-0.05, 0) is 32.0 Å². The van der Waals surface area contributed by atoms with E-state index in [1.807, 2.05) is 43.5 Å². The van der Waals surface area contributed by atoms with Crippen molar-refractivity contribution in [3.8, 4) is 5.75 Å². The molecule has 0 radical (unpaired) electrons. The molecule has 2 N–H and O–H groups in total. The van der Waals surface area contributed by atoms with Crippen LogP contribution in [0.5, 0.6) is 5.75 Å². The van der Waals surface area contributed by atoms with Crippen LogP contribution in [-0.4, -0.2) is 40.2 Å². The van der Waals surface area contributed by atoms with Crippen LogP contribution in [0.4, 0.5) is 0 Å². The largest absolute Gasteiger partial charge is 0.492 e. The summed E-state index contributed by atoms with van der Waals surface area (Å²) >= 11 is 0. The molecule has 1 heterocycles. The molecule has 2 aromatic rings. The van der Waals surface area contributed by atoms with Crippen molar-refractivity contribution in [3.63, 3.8) is 0 Å². The molecule has 114 valence electrons. The zero-order valence-electron chi connectivity index (χ0n) is 12.6. The zero-order valence-corrected chi connectivity index (χ0v) is 12.6. The topological polar surface area (TPSA) is 59.3 Å². The van der Waals surface area contributed by atoms with Gasteiger partial charge in [-0.2, -0.15) is 5.10 Å². The second kappa shape index (κ2) is 7.81. The van der Waals surface area contributed by atoms with E-state index in [0.29, 0.717) is 19.7 Å². The number of nitrogens with zero attached hydrogens (tertiary/aromatic N) is 2. The number of hydrogen-bond donors (Lipinski definition) is 2. The molecule has 0 aliphatic heterocycles. The minimum absolute atomic E-state index is 0.165. The SMILES string of the molecule is Cc1ccc(OCC(C)NCC(O)Cn2cccn2)cc1. The van der Waals surface area contributed by atoms with Gasteiger partial charge in [-0.25, -0.2) is 0 Å². The van der Waals surface area contributed by atoms with Gasteiger partial charge < -0.3 is 15.2 Å². The van der Waals surface area contributed by atoms with Gasteiger partial charge in [-0.15, -0.1) is 0 Å². The van der Waals surface area contributed by atoms with Gasteiger partial charge in [0.25, 0.3) is 0 Å². The number of aliphatic hydroxyl groups is 1. The second-order valence-corrected chi connectivity index (χ2v) is 5.32. The highest BCUT2D eigenvalue weighted by Gasteiger charge is 2.08. The number of hydrogen-bond acceptors (Lipinski definition) is 4. The van der Waals surface area contributed by atoms with E-state index in [0.717, 1.165) is 5.75 Å². The van der Waals surface area contributed by atoms with Crippen LogP contribution in [0.2, 0.25) is 0 Å². The lowest BCUT2D eigenvalue weighted by Crippen LogP contribution is -2.38. The van der Waals surface area contributed by atoms with Crippen LogP contribution >= 0.6 is 0 Å². The first-order chi connectivity index (χ1) is 10.1. The Bertz CT molecular complexity index is 511. The molecular formula is C16H23N3O2. The predicted octanol–water partition coefficient (Wildman–Crippen LogP) is 1.61. The molecule has 21 heavy (non-hydrogen) atoms. The summed E-state index contributed by atoms with van der Waals surface area (Å²) < 4.78 is 7.42. The lowest BCUT2D eigenvalue weighted by Gasteiger charge is -2.18. The summed E-state index contributed by atoms with van der Waals surface area (Å²) in [5.74, 6) is 0.867. The minimum atomic E-state index is -0.466. The molecule has 0 saturated heterocycles. The van der Waals surface area contributed by atoms with Gasteiger partial charge >= 0.3 is 0 Å². The fraction of sp³-hybridized carbons (Fsp3) is 0.438. The lowest BCUT2D eigenvalue weighted by molar-refractivity contribution is 0.139. The molecule has 1 aromatic heterocycles. The summed E-state index contributed by atoms with van der Waals surface area (Å²) in [5, 5.41) is 17.3. The van der Waals surface area contributed by atoms with E-state index in [1.54, 1.807) is 10.9 Å². The van der Waals surface area contributed by atoms with Gasteiger partial charge in [-0.3, -0.25) is 4.68 Å². The van der Waals surface area contributed by atoms with Crippen LogP contribution in [-0.2, 0) is 6.54 Å². The van der Waals surface area contributed by atoms with Gasteiger partial charge in [0.05, 0.1) is 12.6 Å². The summed E-state index contributed by atoms with van der Waals surface area (Å²) in [6, 6.07) is 10.0. The van der Waals surface area contributed by atoms with Gasteiger partial charge in [0.1, 0.15) is 12.4 Å². The van der Waals surface area contributed by atoms with E-state index in [9.17, 15) is 5.11 Å². The zero-order chi connectivity index (χ0) is 15.1. The van der Waals surface area contributed by atoms with Crippen LogP contribution in [0.1, 0.15) is 12.5 Å². The summed E-state index contributed by atoms with van der Waals surface area (Å²) in [6.45, 7) is 5.66. The van der Waals surface area contributed by atoms with Gasteiger partial charge in [0, 0.05) is 25.0 Å². The average molecular weight is 289 g/mol. The molecule has 0 aliphatic rings. The molecular weight excluding hydrogens is 266 g/mol. The van der Waals surface area contributed by atoms with E-state index in [2.05, 4.69) is 17.3 Å². The molecule has 0 bridgehead atoms. The molecule has 2 unspecified atom stereocenters. The highest BCUT2D eigenvalue weighted by atomic mass is 16.5. The molecule has 0 amide bonds. The van der Waals surface area contributed by atoms with Crippen LogP contribution < -0.4 is 10.1 Å². The highest BCUT2D eigenvalue weighted by Crippen LogP contribution is 2.11. The first-order valence-electron chi connectivity index (χ1n) is 7.22. The number of aromatic nitrogens is 2. The summed E-state index contributed by atoms with van der Waals surface area (Å²) in [6.07, 6.45) is 3.08. The van der Waals surface area contributed by atoms with Crippen molar-refractivity contribution in [2.75, 3.05) is 13.2 Å². The summed E-state index contributed by atoms with van der Waals surface area (Å²) in [4.78, 5) is 0. The average Bonchev–Trinajstić information content (AvgIpc) is 2.97. The fourth-order valence-electron chi connectivity index (χ4n) is 1.94. The molecule has 0 saturated carbocycles. The number of benzene rings is 1. The Morgan fingerprint density at radius 1 is 1.33 bits per heavy atom. The molecule has 1 aromatic carbocycles. The van der Waals surface area contributed by atoms with E-state index in [1.165, 1.54) is 5.56 Å². The molecule has 0 spiro atoms. The molecule has 5 nitrogen and oxygen atoms in total. The monoisotopic (exact) mass is 289 g/mol. The number of aryl methyl sites for hydroxylation is 1. The normalized spacial score (nSPS) is 13.9. The Morgan fingerprint density at radius 3 is 2.76 bits per heavy atom. The number of ether oxygens (including phenoxy) is 1. The van der Waals surface area contributed by atoms with Gasteiger partial charge in [-0.1, -0.05) is 17.7 Å². The number of aliphatic hydroxyl groups excluding tert-OH is 1.